The molecular formula is C29H39BFNO4Si. The van der Waals surface area contributed by atoms with E-state index in [-0.39, 0.29) is 20.7 Å². The third kappa shape index (κ3) is 5.87. The van der Waals surface area contributed by atoms with Crippen LogP contribution in [0, 0.1) is 0 Å². The van der Waals surface area contributed by atoms with Crippen molar-refractivity contribution in [1.29, 1.82) is 0 Å². The first kappa shape index (κ1) is 28.0. The molecule has 1 saturated carbocycles. The number of carbonyl (C=O) groups is 1. The van der Waals surface area contributed by atoms with E-state index in [0.717, 1.165) is 11.0 Å². The van der Waals surface area contributed by atoms with Crippen LogP contribution in [-0.4, -0.2) is 34.0 Å². The van der Waals surface area contributed by atoms with Crippen LogP contribution in [0.25, 0.3) is 0 Å². The summed E-state index contributed by atoms with van der Waals surface area (Å²) in [5.41, 5.74) is 0.376. The van der Waals surface area contributed by atoms with Crippen LogP contribution in [0.3, 0.4) is 0 Å². The highest BCUT2D eigenvalue weighted by Crippen LogP contribution is 2.49. The number of amides is 1. The van der Waals surface area contributed by atoms with Gasteiger partial charge in [0.2, 0.25) is 9.76 Å². The van der Waals surface area contributed by atoms with Gasteiger partial charge in [0.25, 0.3) is 5.91 Å². The number of hydrogen-bond acceptors (Lipinski definition) is 4. The highest BCUT2D eigenvalue weighted by Gasteiger charge is 2.53. The Hall–Kier alpha value is -2.00. The maximum Gasteiger partial charge on any atom is 0.495 e. The lowest BCUT2D eigenvalue weighted by atomic mass is 9.72. The molecule has 2 aromatic rings. The van der Waals surface area contributed by atoms with Crippen LogP contribution in [0.4, 0.5) is 10.1 Å². The molecule has 2 radical (unpaired) electrons. The Labute approximate surface area is 223 Å². The molecule has 0 spiro atoms. The van der Waals surface area contributed by atoms with Crippen molar-refractivity contribution in [2.45, 2.75) is 103 Å². The average molecular weight is 524 g/mol. The molecule has 4 rings (SSSR count). The minimum absolute atomic E-state index is 0.0168. The Bertz CT molecular complexity index is 1150. The lowest BCUT2D eigenvalue weighted by Crippen LogP contribution is -2.43. The topological polar surface area (TPSA) is 56.8 Å². The van der Waals surface area contributed by atoms with Gasteiger partial charge in [-0.3, -0.25) is 4.79 Å². The molecule has 8 heteroatoms. The van der Waals surface area contributed by atoms with E-state index < -0.39 is 29.6 Å². The second-order valence-electron chi connectivity index (χ2n) is 12.8. The van der Waals surface area contributed by atoms with E-state index in [1.165, 1.54) is 0 Å². The van der Waals surface area contributed by atoms with Gasteiger partial charge < -0.3 is 19.1 Å². The predicted octanol–water partition coefficient (Wildman–Crippen LogP) is 6.29. The van der Waals surface area contributed by atoms with Gasteiger partial charge in [0, 0.05) is 16.8 Å². The van der Waals surface area contributed by atoms with E-state index in [0.29, 0.717) is 29.7 Å². The van der Waals surface area contributed by atoms with Gasteiger partial charge in [-0.05, 0) is 88.6 Å². The smallest absolute Gasteiger partial charge is 0.408 e. The zero-order chi connectivity index (χ0) is 27.4. The Morgan fingerprint density at radius 2 is 1.54 bits per heavy atom. The second-order valence-corrected chi connectivity index (χ2v) is 14.7. The highest BCUT2D eigenvalue weighted by molar-refractivity contribution is 6.63. The average Bonchev–Trinajstić information content (AvgIpc) is 3.50. The van der Waals surface area contributed by atoms with Crippen molar-refractivity contribution in [3.05, 3.63) is 59.2 Å². The van der Waals surface area contributed by atoms with Crippen LogP contribution in [0.2, 0.25) is 5.04 Å². The summed E-state index contributed by atoms with van der Waals surface area (Å²) in [6, 6.07) is 12.5. The molecule has 198 valence electrons. The molecule has 1 heterocycles. The van der Waals surface area contributed by atoms with Crippen LogP contribution >= 0.6 is 0 Å². The zero-order valence-electron chi connectivity index (χ0n) is 23.5. The summed E-state index contributed by atoms with van der Waals surface area (Å²) in [5, 5.41) is 3.07. The number of anilines is 1. The van der Waals surface area contributed by atoms with Crippen LogP contribution in [0.15, 0.2) is 42.5 Å². The standard InChI is InChI=1S/C29H39BFNO4Si/c1-25(2,3)37-36-26(4,5)23-21(30-34-27(6,7)28(8,9)35-30)11-10-12-22(23)32-24(33)19-13-15-20(16-14-19)29(31)17-18-29/h10-16H,17-18H2,1-9H3,(H,32,33). The minimum atomic E-state index is -1.23. The SMILES string of the molecule is CC(C)(C)[Si]OC(C)(C)c1c(NC(=O)c2ccc(C3(F)CC3)cc2)cccc1B1OC(C)(C)C(C)(C)O1. The molecule has 0 aromatic heterocycles. The van der Waals surface area contributed by atoms with E-state index in [1.807, 2.05) is 59.7 Å². The molecule has 1 saturated heterocycles. The molecule has 2 fully saturated rings. The summed E-state index contributed by atoms with van der Waals surface area (Å²) in [4.78, 5) is 13.3. The number of benzene rings is 2. The molecule has 0 unspecified atom stereocenters. The Balaban J connectivity index is 1.70. The molecule has 1 aliphatic carbocycles. The van der Waals surface area contributed by atoms with E-state index in [1.54, 1.807) is 24.3 Å². The first-order valence-electron chi connectivity index (χ1n) is 13.0. The first-order chi connectivity index (χ1) is 16.9. The third-order valence-electron chi connectivity index (χ3n) is 7.42. The van der Waals surface area contributed by atoms with Crippen LogP contribution in [0.1, 0.15) is 96.6 Å². The summed E-state index contributed by atoms with van der Waals surface area (Å²) < 4.78 is 33.7. The van der Waals surface area contributed by atoms with Gasteiger partial charge in [-0.1, -0.05) is 45.0 Å². The molecular weight excluding hydrogens is 484 g/mol. The fraction of sp³-hybridized carbons (Fsp3) is 0.552. The van der Waals surface area contributed by atoms with Gasteiger partial charge in [0.05, 0.1) is 16.8 Å². The van der Waals surface area contributed by atoms with Crippen molar-refractivity contribution < 1.29 is 22.9 Å². The maximum absolute atomic E-state index is 14.4. The van der Waals surface area contributed by atoms with E-state index in [4.69, 9.17) is 13.7 Å². The zero-order valence-corrected chi connectivity index (χ0v) is 24.5. The van der Waals surface area contributed by atoms with Crippen molar-refractivity contribution in [3.8, 4) is 0 Å². The maximum atomic E-state index is 14.4. The monoisotopic (exact) mass is 523 g/mol. The fourth-order valence-electron chi connectivity index (χ4n) is 4.36. The van der Waals surface area contributed by atoms with Crippen molar-refractivity contribution >= 4 is 33.9 Å². The number of carbonyl (C=O) groups excluding carboxylic acids is 1. The Kier molecular flexibility index (Phi) is 7.07. The normalized spacial score (nSPS) is 20.1. The van der Waals surface area contributed by atoms with Gasteiger partial charge in [0.1, 0.15) is 5.67 Å². The third-order valence-corrected chi connectivity index (χ3v) is 8.64. The quantitative estimate of drug-likeness (QED) is 0.434. The molecule has 2 aromatic carbocycles. The summed E-state index contributed by atoms with van der Waals surface area (Å²) in [7, 11) is -0.377. The molecule has 1 N–H and O–H groups in total. The Morgan fingerprint density at radius 1 is 0.973 bits per heavy atom. The molecule has 5 nitrogen and oxygen atoms in total. The molecule has 1 aliphatic heterocycles. The Morgan fingerprint density at radius 3 is 2.05 bits per heavy atom. The number of nitrogens with one attached hydrogen (secondary N) is 1. The molecule has 1 amide bonds. The van der Waals surface area contributed by atoms with Crippen LogP contribution < -0.4 is 10.8 Å². The molecule has 2 aliphatic rings. The predicted molar refractivity (Wildman–Crippen MR) is 148 cm³/mol. The number of alkyl halides is 1. The lowest BCUT2D eigenvalue weighted by Gasteiger charge is -2.33. The van der Waals surface area contributed by atoms with E-state index in [2.05, 4.69) is 26.1 Å². The van der Waals surface area contributed by atoms with Gasteiger partial charge in [0.15, 0.2) is 0 Å². The molecule has 0 bridgehead atoms. The molecule has 0 atom stereocenters. The number of hydrogen-bond donors (Lipinski definition) is 1. The first-order valence-corrected chi connectivity index (χ1v) is 13.9. The van der Waals surface area contributed by atoms with Crippen molar-refractivity contribution in [2.75, 3.05) is 5.32 Å². The van der Waals surface area contributed by atoms with Crippen LogP contribution in [0.5, 0.6) is 0 Å². The fourth-order valence-corrected chi connectivity index (χ4v) is 5.02. The largest absolute Gasteiger partial charge is 0.495 e. The van der Waals surface area contributed by atoms with Gasteiger partial charge >= 0.3 is 7.12 Å². The van der Waals surface area contributed by atoms with E-state index in [9.17, 15) is 9.18 Å². The van der Waals surface area contributed by atoms with Gasteiger partial charge in [-0.25, -0.2) is 4.39 Å². The van der Waals surface area contributed by atoms with Crippen molar-refractivity contribution in [2.24, 2.45) is 0 Å². The summed E-state index contributed by atoms with van der Waals surface area (Å²) in [6.07, 6.45) is 1.08. The molecule has 37 heavy (non-hydrogen) atoms. The summed E-state index contributed by atoms with van der Waals surface area (Å²) in [6.45, 7) is 18.5. The number of rotatable bonds is 7. The second kappa shape index (κ2) is 9.33. The number of halogens is 1. The lowest BCUT2D eigenvalue weighted by molar-refractivity contribution is 0.00578. The van der Waals surface area contributed by atoms with E-state index >= 15 is 0 Å². The van der Waals surface area contributed by atoms with Crippen molar-refractivity contribution in [3.63, 3.8) is 0 Å². The highest BCUT2D eigenvalue weighted by atomic mass is 28.2. The van der Waals surface area contributed by atoms with Gasteiger partial charge in [-0.15, -0.1) is 0 Å². The summed E-state index contributed by atoms with van der Waals surface area (Å²) >= 11 is 0. The summed E-state index contributed by atoms with van der Waals surface area (Å²) in [5.74, 6) is -0.267. The van der Waals surface area contributed by atoms with Gasteiger partial charge in [-0.2, -0.15) is 0 Å². The van der Waals surface area contributed by atoms with Crippen molar-refractivity contribution in [1.82, 2.24) is 0 Å². The minimum Gasteiger partial charge on any atom is -0.408 e. The van der Waals surface area contributed by atoms with Crippen LogP contribution in [-0.2, 0) is 25.0 Å².